The van der Waals surface area contributed by atoms with Crippen molar-refractivity contribution in [2.24, 2.45) is 0 Å². The molecular weight excluding hydrogens is 338 g/mol. The molecule has 2 aliphatic heterocycles. The van der Waals surface area contributed by atoms with Crippen molar-refractivity contribution >= 4 is 5.78 Å². The third-order valence-electron chi connectivity index (χ3n) is 5.53. The maximum absolute atomic E-state index is 12.6. The highest BCUT2D eigenvalue weighted by Gasteiger charge is 2.24. The Labute approximate surface area is 161 Å². The Kier molecular flexibility index (Phi) is 5.73. The molecule has 0 bridgehead atoms. The van der Waals surface area contributed by atoms with E-state index >= 15 is 0 Å². The minimum Gasteiger partial charge on any atom is -0.486 e. The molecule has 0 aromatic heterocycles. The van der Waals surface area contributed by atoms with Crippen LogP contribution in [-0.2, 0) is 6.42 Å². The van der Waals surface area contributed by atoms with Gasteiger partial charge in [0.1, 0.15) is 13.2 Å². The molecular formula is C23H27NO3. The van der Waals surface area contributed by atoms with Crippen molar-refractivity contribution in [3.63, 3.8) is 0 Å². The molecule has 2 aliphatic rings. The van der Waals surface area contributed by atoms with E-state index in [4.69, 9.17) is 9.47 Å². The molecule has 1 atom stereocenters. The monoisotopic (exact) mass is 365 g/mol. The second kappa shape index (κ2) is 8.57. The Morgan fingerprint density at radius 1 is 1.04 bits per heavy atom. The van der Waals surface area contributed by atoms with Crippen LogP contribution >= 0.6 is 0 Å². The molecule has 0 spiro atoms. The zero-order valence-corrected chi connectivity index (χ0v) is 15.7. The molecule has 4 rings (SSSR count). The number of ether oxygens (including phenoxy) is 2. The topological polar surface area (TPSA) is 38.8 Å². The van der Waals surface area contributed by atoms with Crippen molar-refractivity contribution in [3.8, 4) is 11.5 Å². The molecule has 0 amide bonds. The number of carbonyl (C=O) groups is 1. The van der Waals surface area contributed by atoms with Gasteiger partial charge in [-0.25, -0.2) is 0 Å². The first-order valence-electron chi connectivity index (χ1n) is 10.0. The Morgan fingerprint density at radius 2 is 1.85 bits per heavy atom. The first-order chi connectivity index (χ1) is 13.3. The molecule has 2 aromatic rings. The van der Waals surface area contributed by atoms with Gasteiger partial charge in [-0.15, -0.1) is 0 Å². The summed E-state index contributed by atoms with van der Waals surface area (Å²) in [6.07, 6.45) is 5.10. The van der Waals surface area contributed by atoms with Gasteiger partial charge in [0.15, 0.2) is 17.3 Å². The van der Waals surface area contributed by atoms with E-state index in [1.807, 2.05) is 18.2 Å². The Balaban J connectivity index is 1.28. The second-order valence-corrected chi connectivity index (χ2v) is 7.41. The summed E-state index contributed by atoms with van der Waals surface area (Å²) in [6, 6.07) is 16.8. The molecule has 27 heavy (non-hydrogen) atoms. The number of benzene rings is 2. The van der Waals surface area contributed by atoms with Crippen LogP contribution in [0.2, 0.25) is 0 Å². The van der Waals surface area contributed by atoms with Gasteiger partial charge in [0.05, 0.1) is 0 Å². The van der Waals surface area contributed by atoms with E-state index in [1.54, 1.807) is 0 Å². The fourth-order valence-corrected chi connectivity index (χ4v) is 4.11. The average molecular weight is 365 g/mol. The summed E-state index contributed by atoms with van der Waals surface area (Å²) in [5.74, 6) is 1.61. The van der Waals surface area contributed by atoms with E-state index in [9.17, 15) is 4.79 Å². The maximum Gasteiger partial charge on any atom is 0.163 e. The molecule has 4 heteroatoms. The van der Waals surface area contributed by atoms with E-state index in [0.717, 1.165) is 37.2 Å². The van der Waals surface area contributed by atoms with Gasteiger partial charge >= 0.3 is 0 Å². The zero-order chi connectivity index (χ0) is 18.5. The molecule has 1 saturated heterocycles. The standard InChI is InChI=1S/C23H27NO3/c25-21(19-10-11-22-23(17-19)27-15-14-26-22)9-5-13-24-12-4-8-20(24)16-18-6-2-1-3-7-18/h1-3,6-7,10-11,17,20H,4-5,8-9,12-16H2. The second-order valence-electron chi connectivity index (χ2n) is 7.41. The summed E-state index contributed by atoms with van der Waals surface area (Å²) in [5.41, 5.74) is 2.13. The van der Waals surface area contributed by atoms with Crippen molar-refractivity contribution in [2.45, 2.75) is 38.1 Å². The van der Waals surface area contributed by atoms with Crippen molar-refractivity contribution < 1.29 is 14.3 Å². The summed E-state index contributed by atoms with van der Waals surface area (Å²) in [6.45, 7) is 3.26. The molecule has 2 aromatic carbocycles. The number of hydrogen-bond donors (Lipinski definition) is 0. The lowest BCUT2D eigenvalue weighted by atomic mass is 10.0. The van der Waals surface area contributed by atoms with Crippen LogP contribution in [0.25, 0.3) is 0 Å². The third-order valence-corrected chi connectivity index (χ3v) is 5.53. The SMILES string of the molecule is O=C(CCCN1CCCC1Cc1ccccc1)c1ccc2c(c1)OCCO2. The van der Waals surface area contributed by atoms with Crippen LogP contribution in [0.4, 0.5) is 0 Å². The smallest absolute Gasteiger partial charge is 0.163 e. The van der Waals surface area contributed by atoms with E-state index in [2.05, 4.69) is 35.2 Å². The van der Waals surface area contributed by atoms with Gasteiger partial charge in [0.25, 0.3) is 0 Å². The minimum absolute atomic E-state index is 0.186. The first-order valence-corrected chi connectivity index (χ1v) is 10.0. The molecule has 0 radical (unpaired) electrons. The van der Waals surface area contributed by atoms with Gasteiger partial charge < -0.3 is 14.4 Å². The Bertz CT molecular complexity index is 774. The molecule has 0 aliphatic carbocycles. The lowest BCUT2D eigenvalue weighted by molar-refractivity contribution is 0.0972. The molecule has 1 fully saturated rings. The van der Waals surface area contributed by atoms with Gasteiger partial charge in [-0.1, -0.05) is 30.3 Å². The Hall–Kier alpha value is -2.33. The molecule has 4 nitrogen and oxygen atoms in total. The normalized spacial score (nSPS) is 19.2. The van der Waals surface area contributed by atoms with Crippen LogP contribution in [0.5, 0.6) is 11.5 Å². The van der Waals surface area contributed by atoms with Gasteiger partial charge in [0.2, 0.25) is 0 Å². The predicted octanol–water partition coefficient (Wildman–Crippen LogP) is 4.13. The average Bonchev–Trinajstić information content (AvgIpc) is 3.15. The summed E-state index contributed by atoms with van der Waals surface area (Å²) < 4.78 is 11.1. The Morgan fingerprint density at radius 3 is 2.70 bits per heavy atom. The molecule has 142 valence electrons. The van der Waals surface area contributed by atoms with E-state index in [0.29, 0.717) is 31.4 Å². The number of Topliss-reactive ketones (excluding diaryl/α,β-unsaturated/α-hetero) is 1. The predicted molar refractivity (Wildman–Crippen MR) is 106 cm³/mol. The molecule has 1 unspecified atom stereocenters. The quantitative estimate of drug-likeness (QED) is 0.692. The van der Waals surface area contributed by atoms with E-state index < -0.39 is 0 Å². The fourth-order valence-electron chi connectivity index (χ4n) is 4.11. The highest BCUT2D eigenvalue weighted by atomic mass is 16.6. The van der Waals surface area contributed by atoms with Gasteiger partial charge in [-0.3, -0.25) is 4.79 Å². The molecule has 2 heterocycles. The number of nitrogens with zero attached hydrogens (tertiary/aromatic N) is 1. The van der Waals surface area contributed by atoms with Gasteiger partial charge in [-0.2, -0.15) is 0 Å². The number of rotatable bonds is 7. The summed E-state index contributed by atoms with van der Waals surface area (Å²) >= 11 is 0. The number of carbonyl (C=O) groups excluding carboxylic acids is 1. The lowest BCUT2D eigenvalue weighted by Crippen LogP contribution is -2.32. The molecule has 0 saturated carbocycles. The minimum atomic E-state index is 0.186. The van der Waals surface area contributed by atoms with E-state index in [1.165, 1.54) is 18.4 Å². The third kappa shape index (κ3) is 4.51. The highest BCUT2D eigenvalue weighted by Crippen LogP contribution is 2.31. The van der Waals surface area contributed by atoms with Crippen LogP contribution in [0.3, 0.4) is 0 Å². The summed E-state index contributed by atoms with van der Waals surface area (Å²) in [4.78, 5) is 15.1. The first kappa shape index (κ1) is 18.1. The zero-order valence-electron chi connectivity index (χ0n) is 15.7. The van der Waals surface area contributed by atoms with Crippen LogP contribution in [-0.4, -0.2) is 43.0 Å². The van der Waals surface area contributed by atoms with Crippen LogP contribution in [0, 0.1) is 0 Å². The summed E-state index contributed by atoms with van der Waals surface area (Å²) in [5, 5.41) is 0. The maximum atomic E-state index is 12.6. The molecule has 0 N–H and O–H groups in total. The lowest BCUT2D eigenvalue weighted by Gasteiger charge is -2.24. The van der Waals surface area contributed by atoms with Crippen molar-refractivity contribution in [2.75, 3.05) is 26.3 Å². The number of hydrogen-bond acceptors (Lipinski definition) is 4. The largest absolute Gasteiger partial charge is 0.486 e. The fraction of sp³-hybridized carbons (Fsp3) is 0.435. The number of likely N-dealkylation sites (tertiary alicyclic amines) is 1. The summed E-state index contributed by atoms with van der Waals surface area (Å²) in [7, 11) is 0. The van der Waals surface area contributed by atoms with Crippen molar-refractivity contribution in [1.29, 1.82) is 0 Å². The van der Waals surface area contributed by atoms with Crippen molar-refractivity contribution in [3.05, 3.63) is 59.7 Å². The van der Waals surface area contributed by atoms with Crippen LogP contribution in [0.15, 0.2) is 48.5 Å². The van der Waals surface area contributed by atoms with E-state index in [-0.39, 0.29) is 5.78 Å². The van der Waals surface area contributed by atoms with Crippen molar-refractivity contribution in [1.82, 2.24) is 4.90 Å². The number of ketones is 1. The van der Waals surface area contributed by atoms with Gasteiger partial charge in [0, 0.05) is 18.0 Å². The van der Waals surface area contributed by atoms with Crippen LogP contribution < -0.4 is 9.47 Å². The highest BCUT2D eigenvalue weighted by molar-refractivity contribution is 5.96. The number of fused-ring (bicyclic) bond motifs is 1. The van der Waals surface area contributed by atoms with Gasteiger partial charge in [-0.05, 0) is 62.5 Å². The van der Waals surface area contributed by atoms with Crippen LogP contribution in [0.1, 0.15) is 41.6 Å².